The summed E-state index contributed by atoms with van der Waals surface area (Å²) in [6.07, 6.45) is 3.25. The van der Waals surface area contributed by atoms with Crippen molar-refractivity contribution in [3.05, 3.63) is 40.6 Å². The summed E-state index contributed by atoms with van der Waals surface area (Å²) in [6, 6.07) is 7.39. The van der Waals surface area contributed by atoms with E-state index in [-0.39, 0.29) is 22.7 Å². The number of carbonyl (C=O) groups is 1. The highest BCUT2D eigenvalue weighted by atomic mass is 35.5. The van der Waals surface area contributed by atoms with Crippen LogP contribution in [-0.2, 0) is 4.79 Å². The molecular formula is C20H27ClN4O. The minimum Gasteiger partial charge on any atom is -0.366 e. The molecule has 0 radical (unpaired) electrons. The molecule has 0 aromatic heterocycles. The lowest BCUT2D eigenvalue weighted by atomic mass is 9.77. The molecule has 0 aliphatic carbocycles. The summed E-state index contributed by atoms with van der Waals surface area (Å²) >= 11 is 6.10. The molecule has 26 heavy (non-hydrogen) atoms. The van der Waals surface area contributed by atoms with E-state index in [1.54, 1.807) is 18.3 Å². The topological polar surface area (TPSA) is 82.2 Å². The van der Waals surface area contributed by atoms with Crippen molar-refractivity contribution in [1.29, 1.82) is 5.26 Å². The second-order valence-corrected chi connectivity index (χ2v) is 8.64. The van der Waals surface area contributed by atoms with Gasteiger partial charge in [0.05, 0.1) is 0 Å². The number of carbonyl (C=O) groups excluding carboxylic acids is 1. The van der Waals surface area contributed by atoms with E-state index >= 15 is 0 Å². The second-order valence-electron chi connectivity index (χ2n) is 8.24. The van der Waals surface area contributed by atoms with Crippen LogP contribution >= 0.6 is 11.6 Å². The van der Waals surface area contributed by atoms with Gasteiger partial charge in [0.15, 0.2) is 0 Å². The molecule has 1 saturated heterocycles. The van der Waals surface area contributed by atoms with Gasteiger partial charge in [0.1, 0.15) is 11.6 Å². The van der Waals surface area contributed by atoms with Gasteiger partial charge in [-0.15, -0.1) is 0 Å². The van der Waals surface area contributed by atoms with Crippen molar-refractivity contribution in [2.45, 2.75) is 64.6 Å². The van der Waals surface area contributed by atoms with Crippen LogP contribution < -0.4 is 11.1 Å². The molecule has 5 nitrogen and oxygen atoms in total. The van der Waals surface area contributed by atoms with E-state index in [0.29, 0.717) is 10.7 Å². The Bertz CT molecular complexity index is 759. The van der Waals surface area contributed by atoms with Crippen molar-refractivity contribution in [2.75, 3.05) is 5.32 Å². The SMILES string of the molecule is Cc1ccc(NC(=O)/C(C#N)=C\N2C(C)(C)CC(N)CC2(C)C)cc1Cl. The Morgan fingerprint density at radius 3 is 2.42 bits per heavy atom. The first-order chi connectivity index (χ1) is 12.0. The van der Waals surface area contributed by atoms with Gasteiger partial charge < -0.3 is 16.0 Å². The number of piperidine rings is 1. The van der Waals surface area contributed by atoms with Crippen LogP contribution in [0.2, 0.25) is 5.02 Å². The number of hydrogen-bond donors (Lipinski definition) is 2. The number of halogens is 1. The summed E-state index contributed by atoms with van der Waals surface area (Å²) in [6.45, 7) is 10.2. The molecule has 140 valence electrons. The zero-order valence-corrected chi connectivity index (χ0v) is 16.8. The fraction of sp³-hybridized carbons (Fsp3) is 0.500. The standard InChI is InChI=1S/C20H27ClN4O/c1-13-6-7-16(8-17(13)21)24-18(26)14(11-22)12-25-19(2,3)9-15(23)10-20(25,4)5/h6-8,12,15H,9-10,23H2,1-5H3,(H,24,26)/b14-12-. The summed E-state index contributed by atoms with van der Waals surface area (Å²) in [5.41, 5.74) is 7.23. The number of nitrogens with zero attached hydrogens (tertiary/aromatic N) is 2. The van der Waals surface area contributed by atoms with Crippen molar-refractivity contribution >= 4 is 23.2 Å². The summed E-state index contributed by atoms with van der Waals surface area (Å²) in [7, 11) is 0. The van der Waals surface area contributed by atoms with E-state index < -0.39 is 5.91 Å². The van der Waals surface area contributed by atoms with Crippen molar-refractivity contribution in [3.8, 4) is 6.07 Å². The molecule has 1 aliphatic rings. The Hall–Kier alpha value is -2.03. The Morgan fingerprint density at radius 2 is 1.92 bits per heavy atom. The summed E-state index contributed by atoms with van der Waals surface area (Å²) in [5.74, 6) is -0.450. The van der Waals surface area contributed by atoms with Gasteiger partial charge in [-0.25, -0.2) is 0 Å². The van der Waals surface area contributed by atoms with E-state index in [4.69, 9.17) is 17.3 Å². The smallest absolute Gasteiger partial charge is 0.267 e. The normalized spacial score (nSPS) is 19.8. The number of nitrogens with two attached hydrogens (primary N) is 1. The van der Waals surface area contributed by atoms with Crippen LogP contribution in [0.15, 0.2) is 30.0 Å². The number of amides is 1. The molecule has 1 fully saturated rings. The molecule has 1 heterocycles. The van der Waals surface area contributed by atoms with E-state index in [0.717, 1.165) is 18.4 Å². The van der Waals surface area contributed by atoms with Crippen molar-refractivity contribution < 1.29 is 4.79 Å². The second kappa shape index (κ2) is 7.30. The molecule has 2 rings (SSSR count). The summed E-state index contributed by atoms with van der Waals surface area (Å²) < 4.78 is 0. The van der Waals surface area contributed by atoms with Crippen LogP contribution in [0, 0.1) is 18.3 Å². The fourth-order valence-electron chi connectivity index (χ4n) is 3.86. The van der Waals surface area contributed by atoms with Gasteiger partial charge in [0, 0.05) is 34.0 Å². The van der Waals surface area contributed by atoms with Gasteiger partial charge in [-0.05, 0) is 65.2 Å². The molecule has 1 amide bonds. The minimum atomic E-state index is -0.450. The third-order valence-electron chi connectivity index (χ3n) is 4.88. The number of rotatable bonds is 3. The molecule has 1 aromatic rings. The average Bonchev–Trinajstić information content (AvgIpc) is 2.48. The van der Waals surface area contributed by atoms with Gasteiger partial charge in [-0.3, -0.25) is 4.79 Å². The zero-order valence-electron chi connectivity index (χ0n) is 16.1. The van der Waals surface area contributed by atoms with Gasteiger partial charge in [-0.2, -0.15) is 5.26 Å². The summed E-state index contributed by atoms with van der Waals surface area (Å²) in [4.78, 5) is 14.7. The number of anilines is 1. The highest BCUT2D eigenvalue weighted by Crippen LogP contribution is 2.38. The number of aryl methyl sites for hydroxylation is 1. The molecular weight excluding hydrogens is 348 g/mol. The molecule has 0 unspecified atom stereocenters. The molecule has 1 aromatic carbocycles. The van der Waals surface area contributed by atoms with Crippen LogP contribution in [0.1, 0.15) is 46.1 Å². The van der Waals surface area contributed by atoms with Crippen LogP contribution in [0.4, 0.5) is 5.69 Å². The molecule has 0 saturated carbocycles. The lowest BCUT2D eigenvalue weighted by Gasteiger charge is -2.54. The molecule has 0 atom stereocenters. The predicted molar refractivity (Wildman–Crippen MR) is 106 cm³/mol. The van der Waals surface area contributed by atoms with Gasteiger partial charge in [0.2, 0.25) is 0 Å². The highest BCUT2D eigenvalue weighted by molar-refractivity contribution is 6.31. The molecule has 0 bridgehead atoms. The van der Waals surface area contributed by atoms with Crippen LogP contribution in [0.5, 0.6) is 0 Å². The zero-order chi connectivity index (χ0) is 19.7. The summed E-state index contributed by atoms with van der Waals surface area (Å²) in [5, 5.41) is 12.9. The van der Waals surface area contributed by atoms with Crippen molar-refractivity contribution in [1.82, 2.24) is 4.90 Å². The largest absolute Gasteiger partial charge is 0.366 e. The Kier molecular flexibility index (Phi) is 5.70. The Labute approximate surface area is 160 Å². The first-order valence-corrected chi connectivity index (χ1v) is 9.08. The first-order valence-electron chi connectivity index (χ1n) is 8.71. The average molecular weight is 375 g/mol. The highest BCUT2D eigenvalue weighted by Gasteiger charge is 2.43. The Balaban J connectivity index is 2.29. The van der Waals surface area contributed by atoms with E-state index in [9.17, 15) is 10.1 Å². The predicted octanol–water partition coefficient (Wildman–Crippen LogP) is 3.97. The fourth-order valence-corrected chi connectivity index (χ4v) is 4.04. The van der Waals surface area contributed by atoms with E-state index in [2.05, 4.69) is 37.9 Å². The molecule has 1 aliphatic heterocycles. The van der Waals surface area contributed by atoms with Crippen LogP contribution in [0.25, 0.3) is 0 Å². The van der Waals surface area contributed by atoms with E-state index in [1.807, 2.05) is 19.1 Å². The van der Waals surface area contributed by atoms with Gasteiger partial charge in [-0.1, -0.05) is 17.7 Å². The maximum absolute atomic E-state index is 12.6. The Morgan fingerprint density at radius 1 is 1.35 bits per heavy atom. The lowest BCUT2D eigenvalue weighted by molar-refractivity contribution is -0.112. The number of nitrogens with one attached hydrogen (secondary N) is 1. The maximum Gasteiger partial charge on any atom is 0.267 e. The first kappa shape index (κ1) is 20.3. The van der Waals surface area contributed by atoms with Crippen LogP contribution in [0.3, 0.4) is 0 Å². The monoisotopic (exact) mass is 374 g/mol. The quantitative estimate of drug-likeness (QED) is 0.619. The van der Waals surface area contributed by atoms with Crippen molar-refractivity contribution in [2.24, 2.45) is 5.73 Å². The maximum atomic E-state index is 12.6. The number of nitriles is 1. The number of likely N-dealkylation sites (tertiary alicyclic amines) is 1. The number of benzene rings is 1. The lowest BCUT2D eigenvalue weighted by Crippen LogP contribution is -2.61. The third kappa shape index (κ3) is 4.38. The van der Waals surface area contributed by atoms with Crippen LogP contribution in [-0.4, -0.2) is 27.9 Å². The van der Waals surface area contributed by atoms with Gasteiger partial charge in [0.25, 0.3) is 5.91 Å². The minimum absolute atomic E-state index is 0.0540. The third-order valence-corrected chi connectivity index (χ3v) is 5.29. The van der Waals surface area contributed by atoms with E-state index in [1.165, 1.54) is 0 Å². The molecule has 3 N–H and O–H groups in total. The number of hydrogen-bond acceptors (Lipinski definition) is 4. The molecule has 0 spiro atoms. The van der Waals surface area contributed by atoms with Gasteiger partial charge >= 0.3 is 0 Å². The molecule has 6 heteroatoms. The van der Waals surface area contributed by atoms with Crippen molar-refractivity contribution in [3.63, 3.8) is 0 Å².